The van der Waals surface area contributed by atoms with Gasteiger partial charge in [0.15, 0.2) is 0 Å². The smallest absolute Gasteiger partial charge is 0.257 e. The minimum Gasteiger partial charge on any atom is -0.343 e. The van der Waals surface area contributed by atoms with Gasteiger partial charge < -0.3 is 5.32 Å². The van der Waals surface area contributed by atoms with Crippen molar-refractivity contribution in [1.29, 1.82) is 0 Å². The molecule has 0 fully saturated rings. The van der Waals surface area contributed by atoms with E-state index in [4.69, 9.17) is 11.7 Å². The maximum absolute atomic E-state index is 11.9. The van der Waals surface area contributed by atoms with Gasteiger partial charge in [0.2, 0.25) is 11.8 Å². The van der Waals surface area contributed by atoms with Crippen molar-refractivity contribution in [3.05, 3.63) is 34.9 Å². The Morgan fingerprint density at radius 2 is 1.39 bits per heavy atom. The van der Waals surface area contributed by atoms with Gasteiger partial charge >= 0.3 is 0 Å². The zero-order valence-corrected chi connectivity index (χ0v) is 20.1. The molecular formula is C22H39N5O3S. The summed E-state index contributed by atoms with van der Waals surface area (Å²) in [6.45, 7) is 8.51. The zero-order chi connectivity index (χ0) is 23.6. The van der Waals surface area contributed by atoms with Gasteiger partial charge in [-0.1, -0.05) is 34.9 Å². The van der Waals surface area contributed by atoms with Gasteiger partial charge in [0, 0.05) is 24.3 Å². The van der Waals surface area contributed by atoms with Crippen LogP contribution in [0.5, 0.6) is 0 Å². The second-order valence-electron chi connectivity index (χ2n) is 7.69. The molecule has 0 aromatic rings. The van der Waals surface area contributed by atoms with Gasteiger partial charge in [-0.3, -0.25) is 25.2 Å². The summed E-state index contributed by atoms with van der Waals surface area (Å²) in [7, 11) is 0. The molecule has 9 heteroatoms. The Labute approximate surface area is 190 Å². The number of thioether (sulfide) groups is 1. The second-order valence-corrected chi connectivity index (χ2v) is 8.77. The molecule has 0 radical (unpaired) electrons. The Kier molecular flexibility index (Phi) is 16.4. The topological polar surface area (TPSA) is 139 Å². The van der Waals surface area contributed by atoms with Crippen molar-refractivity contribution in [2.45, 2.75) is 72.3 Å². The fourth-order valence-corrected chi connectivity index (χ4v) is 3.58. The molecule has 0 spiro atoms. The van der Waals surface area contributed by atoms with E-state index in [2.05, 4.69) is 56.7 Å². The number of nitrogens with two attached hydrogens (primary N) is 2. The highest BCUT2D eigenvalue weighted by Gasteiger charge is 2.20. The maximum atomic E-state index is 11.9. The van der Waals surface area contributed by atoms with Gasteiger partial charge in [-0.15, -0.1) is 0 Å². The molecule has 0 aliphatic carbocycles. The highest BCUT2D eigenvalue weighted by atomic mass is 32.2. The predicted molar refractivity (Wildman–Crippen MR) is 129 cm³/mol. The van der Waals surface area contributed by atoms with Crippen LogP contribution in [0.15, 0.2) is 34.9 Å². The lowest BCUT2D eigenvalue weighted by atomic mass is 10.1. The first-order chi connectivity index (χ1) is 14.7. The molecule has 0 aliphatic rings. The Hall–Kier alpha value is -2.10. The number of hydrogen-bond donors (Lipinski definition) is 5. The van der Waals surface area contributed by atoms with Gasteiger partial charge in [0.25, 0.3) is 5.91 Å². The van der Waals surface area contributed by atoms with Crippen LogP contribution in [0.3, 0.4) is 0 Å². The quantitative estimate of drug-likeness (QED) is 0.0848. The van der Waals surface area contributed by atoms with Crippen molar-refractivity contribution >= 4 is 29.5 Å². The molecule has 3 amide bonds. The number of amides is 3. The van der Waals surface area contributed by atoms with E-state index in [0.29, 0.717) is 5.75 Å². The molecule has 0 aliphatic heterocycles. The van der Waals surface area contributed by atoms with E-state index in [9.17, 15) is 14.4 Å². The third kappa shape index (κ3) is 16.3. The molecule has 0 aromatic heterocycles. The monoisotopic (exact) mass is 453 g/mol. The average molecular weight is 454 g/mol. The average Bonchev–Trinajstić information content (AvgIpc) is 2.73. The number of allylic oxidation sites excluding steroid dienone is 5. The van der Waals surface area contributed by atoms with Gasteiger partial charge in [0.05, 0.1) is 0 Å². The normalized spacial score (nSPS) is 12.7. The number of hydrogen-bond acceptors (Lipinski definition) is 6. The molecule has 0 heterocycles. The van der Waals surface area contributed by atoms with Crippen molar-refractivity contribution in [2.24, 2.45) is 11.7 Å². The Balaban J connectivity index is 4.34. The first-order valence-corrected chi connectivity index (χ1v) is 11.7. The molecule has 0 saturated carbocycles. The van der Waals surface area contributed by atoms with Crippen LogP contribution in [0.1, 0.15) is 66.2 Å². The van der Waals surface area contributed by atoms with E-state index < -0.39 is 23.8 Å². The minimum atomic E-state index is -0.761. The number of carbonyl (C=O) groups is 3. The van der Waals surface area contributed by atoms with E-state index >= 15 is 0 Å². The van der Waals surface area contributed by atoms with E-state index in [-0.39, 0.29) is 12.8 Å². The number of hydrazine groups is 2. The lowest BCUT2D eigenvalue weighted by Crippen LogP contribution is -2.50. The molecule has 0 saturated heterocycles. The van der Waals surface area contributed by atoms with Gasteiger partial charge in [-0.25, -0.2) is 11.7 Å². The molecule has 0 bridgehead atoms. The van der Waals surface area contributed by atoms with Crippen LogP contribution in [0.25, 0.3) is 0 Å². The van der Waals surface area contributed by atoms with Crippen molar-refractivity contribution < 1.29 is 14.4 Å². The lowest BCUT2D eigenvalue weighted by molar-refractivity contribution is -0.129. The molecule has 0 aromatic carbocycles. The predicted octanol–water partition coefficient (Wildman–Crippen LogP) is 2.38. The van der Waals surface area contributed by atoms with Crippen LogP contribution in [0, 0.1) is 0 Å². The van der Waals surface area contributed by atoms with Crippen LogP contribution in [0.4, 0.5) is 0 Å². The molecule has 7 N–H and O–H groups in total. The van der Waals surface area contributed by atoms with Gasteiger partial charge in [0.1, 0.15) is 6.04 Å². The Morgan fingerprint density at radius 3 is 1.97 bits per heavy atom. The second kappa shape index (κ2) is 17.6. The minimum absolute atomic E-state index is 0.0444. The van der Waals surface area contributed by atoms with Crippen LogP contribution in [-0.4, -0.2) is 35.3 Å². The van der Waals surface area contributed by atoms with Crippen molar-refractivity contribution in [2.75, 3.05) is 11.5 Å². The number of nitrogens with one attached hydrogen (secondary N) is 3. The molecule has 176 valence electrons. The summed E-state index contributed by atoms with van der Waals surface area (Å²) in [6.07, 6.45) is 10.8. The fraction of sp³-hybridized carbons (Fsp3) is 0.591. The fourth-order valence-electron chi connectivity index (χ4n) is 2.58. The third-order valence-electron chi connectivity index (χ3n) is 4.49. The zero-order valence-electron chi connectivity index (χ0n) is 19.3. The van der Waals surface area contributed by atoms with Crippen molar-refractivity contribution in [3.63, 3.8) is 0 Å². The summed E-state index contributed by atoms with van der Waals surface area (Å²) in [4.78, 5) is 34.9. The van der Waals surface area contributed by atoms with E-state index in [1.165, 1.54) is 28.5 Å². The first kappa shape index (κ1) is 28.9. The van der Waals surface area contributed by atoms with Crippen molar-refractivity contribution in [3.8, 4) is 0 Å². The highest BCUT2D eigenvalue weighted by molar-refractivity contribution is 7.99. The number of carbonyl (C=O) groups excluding carboxylic acids is 3. The van der Waals surface area contributed by atoms with Gasteiger partial charge in [-0.2, -0.15) is 11.8 Å². The summed E-state index contributed by atoms with van der Waals surface area (Å²) in [5, 5.41) is 2.60. The maximum Gasteiger partial charge on any atom is 0.257 e. The summed E-state index contributed by atoms with van der Waals surface area (Å²) in [5.41, 5.74) is 8.08. The molecule has 31 heavy (non-hydrogen) atoms. The SMILES string of the molecule is CC(C)=CCCC(C)=CCCC(C)=CCSC[C@H](NC(=O)CCC(=O)NN)C(=O)NN. The van der Waals surface area contributed by atoms with Crippen molar-refractivity contribution in [1.82, 2.24) is 16.2 Å². The first-order valence-electron chi connectivity index (χ1n) is 10.5. The lowest BCUT2D eigenvalue weighted by Gasteiger charge is -2.16. The van der Waals surface area contributed by atoms with Gasteiger partial charge in [-0.05, 0) is 53.4 Å². The molecule has 0 unspecified atom stereocenters. The summed E-state index contributed by atoms with van der Waals surface area (Å²) in [5.74, 6) is 9.98. The third-order valence-corrected chi connectivity index (χ3v) is 5.46. The molecule has 0 rings (SSSR count). The van der Waals surface area contributed by atoms with E-state index in [0.717, 1.165) is 31.4 Å². The van der Waals surface area contributed by atoms with Crippen LogP contribution in [-0.2, 0) is 14.4 Å². The number of rotatable bonds is 15. The molecular weight excluding hydrogens is 414 g/mol. The van der Waals surface area contributed by atoms with E-state index in [1.54, 1.807) is 0 Å². The van der Waals surface area contributed by atoms with E-state index in [1.807, 2.05) is 5.43 Å². The Morgan fingerprint density at radius 1 is 0.806 bits per heavy atom. The molecule has 8 nitrogen and oxygen atoms in total. The summed E-state index contributed by atoms with van der Waals surface area (Å²) in [6, 6.07) is -0.761. The van der Waals surface area contributed by atoms with Crippen LogP contribution in [0.2, 0.25) is 0 Å². The van der Waals surface area contributed by atoms with Crippen LogP contribution >= 0.6 is 11.8 Å². The highest BCUT2D eigenvalue weighted by Crippen LogP contribution is 2.13. The van der Waals surface area contributed by atoms with Crippen LogP contribution < -0.4 is 27.9 Å². The Bertz CT molecular complexity index is 670. The summed E-state index contributed by atoms with van der Waals surface area (Å²) < 4.78 is 0. The summed E-state index contributed by atoms with van der Waals surface area (Å²) >= 11 is 1.53. The standard InChI is InChI=1S/C22H39N5O3S/c1-16(2)7-5-8-17(3)9-6-10-18(4)13-14-31-15-19(22(30)27-24)25-20(28)11-12-21(29)26-23/h7,9,13,19H,5-6,8,10-12,14-15,23-24H2,1-4H3,(H,25,28)(H,26,29)(H,27,30)/t19-/m0/s1. The molecule has 1 atom stereocenters. The largest absolute Gasteiger partial charge is 0.343 e.